The fourth-order valence-electron chi connectivity index (χ4n) is 1.56. The molecule has 0 spiro atoms. The molecule has 1 aliphatic heterocycles. The van der Waals surface area contributed by atoms with E-state index in [1.54, 1.807) is 0 Å². The highest BCUT2D eigenvalue weighted by Crippen LogP contribution is 2.19. The van der Waals surface area contributed by atoms with E-state index < -0.39 is 42.6 Å². The normalized spacial score (nSPS) is 32.0. The maximum Gasteiger partial charge on any atom is 0.364 e. The van der Waals surface area contributed by atoms with Gasteiger partial charge in [-0.25, -0.2) is 4.79 Å². The first kappa shape index (κ1) is 15.8. The van der Waals surface area contributed by atoms with Gasteiger partial charge in [-0.3, -0.25) is 0 Å². The van der Waals surface area contributed by atoms with Gasteiger partial charge >= 0.3 is 5.97 Å². The molecule has 5 unspecified atom stereocenters. The SMILES string of the molecule is [NH3+]C(CCC(=O)[O-])C(=O)OCC1OC(O)C(O)C1O. The molecule has 110 valence electrons. The highest BCUT2D eigenvalue weighted by atomic mass is 16.7. The van der Waals surface area contributed by atoms with Crippen LogP contribution in [0.1, 0.15) is 12.8 Å². The number of carbonyl (C=O) groups is 2. The van der Waals surface area contributed by atoms with E-state index >= 15 is 0 Å². The summed E-state index contributed by atoms with van der Waals surface area (Å²) in [6.07, 6.45) is -5.75. The van der Waals surface area contributed by atoms with Gasteiger partial charge in [0.25, 0.3) is 0 Å². The lowest BCUT2D eigenvalue weighted by Gasteiger charge is -2.15. The van der Waals surface area contributed by atoms with Crippen molar-refractivity contribution in [3.05, 3.63) is 0 Å². The predicted octanol–water partition coefficient (Wildman–Crippen LogP) is -4.89. The molecule has 0 aromatic rings. The third-order valence-electron chi connectivity index (χ3n) is 2.76. The number of aliphatic carboxylic acids is 1. The van der Waals surface area contributed by atoms with E-state index in [2.05, 4.69) is 5.73 Å². The summed E-state index contributed by atoms with van der Waals surface area (Å²) in [5.74, 6) is -2.05. The molecular weight excluding hydrogens is 262 g/mol. The average molecular weight is 279 g/mol. The molecule has 0 aromatic heterocycles. The van der Waals surface area contributed by atoms with E-state index in [1.807, 2.05) is 0 Å². The maximum atomic E-state index is 11.4. The van der Waals surface area contributed by atoms with Crippen molar-refractivity contribution in [2.75, 3.05) is 6.61 Å². The number of quaternary nitrogens is 1. The van der Waals surface area contributed by atoms with Gasteiger partial charge in [0, 0.05) is 12.4 Å². The lowest BCUT2D eigenvalue weighted by Crippen LogP contribution is -2.65. The highest BCUT2D eigenvalue weighted by Gasteiger charge is 2.42. The number of carbonyl (C=O) groups excluding carboxylic acids is 2. The molecular formula is C10H17NO8. The van der Waals surface area contributed by atoms with Crippen LogP contribution >= 0.6 is 0 Å². The Hall–Kier alpha value is -1.26. The minimum atomic E-state index is -1.53. The van der Waals surface area contributed by atoms with E-state index in [1.165, 1.54) is 0 Å². The van der Waals surface area contributed by atoms with E-state index in [0.29, 0.717) is 0 Å². The molecule has 0 saturated carbocycles. The van der Waals surface area contributed by atoms with Gasteiger partial charge in [0.15, 0.2) is 12.3 Å². The van der Waals surface area contributed by atoms with Crippen LogP contribution in [0.3, 0.4) is 0 Å². The van der Waals surface area contributed by atoms with E-state index in [-0.39, 0.29) is 19.4 Å². The molecule has 1 rings (SSSR count). The molecule has 1 heterocycles. The Labute approximate surface area is 108 Å². The Morgan fingerprint density at radius 1 is 1.32 bits per heavy atom. The van der Waals surface area contributed by atoms with Crippen molar-refractivity contribution in [2.24, 2.45) is 0 Å². The van der Waals surface area contributed by atoms with Crippen LogP contribution in [0.4, 0.5) is 0 Å². The maximum absolute atomic E-state index is 11.4. The van der Waals surface area contributed by atoms with Crippen molar-refractivity contribution in [1.82, 2.24) is 0 Å². The molecule has 0 amide bonds. The summed E-state index contributed by atoms with van der Waals surface area (Å²) in [7, 11) is 0. The van der Waals surface area contributed by atoms with Gasteiger partial charge in [-0.2, -0.15) is 0 Å². The van der Waals surface area contributed by atoms with Gasteiger partial charge in [-0.1, -0.05) is 0 Å². The van der Waals surface area contributed by atoms with Crippen molar-refractivity contribution in [3.63, 3.8) is 0 Å². The topological polar surface area (TPSA) is 164 Å². The van der Waals surface area contributed by atoms with Crippen LogP contribution in [0.15, 0.2) is 0 Å². The molecule has 19 heavy (non-hydrogen) atoms. The minimum absolute atomic E-state index is 0.0273. The monoisotopic (exact) mass is 279 g/mol. The smallest absolute Gasteiger partial charge is 0.364 e. The zero-order valence-corrected chi connectivity index (χ0v) is 10.1. The van der Waals surface area contributed by atoms with Gasteiger partial charge in [0.2, 0.25) is 0 Å². The molecule has 1 fully saturated rings. The van der Waals surface area contributed by atoms with Crippen LogP contribution in [-0.4, -0.2) is 64.5 Å². The number of aliphatic hydroxyl groups excluding tert-OH is 3. The lowest BCUT2D eigenvalue weighted by atomic mass is 10.1. The van der Waals surface area contributed by atoms with Crippen molar-refractivity contribution in [3.8, 4) is 0 Å². The number of rotatable bonds is 6. The van der Waals surface area contributed by atoms with Gasteiger partial charge in [0.1, 0.15) is 24.9 Å². The van der Waals surface area contributed by atoms with Gasteiger partial charge in [-0.15, -0.1) is 0 Å². The largest absolute Gasteiger partial charge is 0.550 e. The molecule has 0 bridgehead atoms. The fraction of sp³-hybridized carbons (Fsp3) is 0.800. The lowest BCUT2D eigenvalue weighted by molar-refractivity contribution is -0.410. The van der Waals surface area contributed by atoms with Crippen LogP contribution in [0.5, 0.6) is 0 Å². The molecule has 6 N–H and O–H groups in total. The summed E-state index contributed by atoms with van der Waals surface area (Å²) in [4.78, 5) is 21.6. The molecule has 0 aromatic carbocycles. The highest BCUT2D eigenvalue weighted by molar-refractivity contribution is 5.75. The summed E-state index contributed by atoms with van der Waals surface area (Å²) in [5.41, 5.74) is 3.44. The Bertz CT molecular complexity index is 335. The first-order valence-corrected chi connectivity index (χ1v) is 5.72. The Kier molecular flexibility index (Phi) is 5.63. The standard InChI is InChI=1S/C10H17NO8/c11-4(1-2-6(12)13)9(16)18-3-5-7(14)8(15)10(17)19-5/h4-5,7-8,10,14-15,17H,1-3,11H2,(H,12,13). The first-order chi connectivity index (χ1) is 8.82. The first-order valence-electron chi connectivity index (χ1n) is 5.72. The van der Waals surface area contributed by atoms with Crippen LogP contribution in [0.25, 0.3) is 0 Å². The summed E-state index contributed by atoms with van der Waals surface area (Å²) in [6, 6.07) is -0.883. The van der Waals surface area contributed by atoms with Crippen LogP contribution in [0.2, 0.25) is 0 Å². The number of carboxylic acid groups (broad SMARTS) is 1. The summed E-state index contributed by atoms with van der Waals surface area (Å²) >= 11 is 0. The molecule has 0 aliphatic carbocycles. The zero-order valence-electron chi connectivity index (χ0n) is 10.1. The Morgan fingerprint density at radius 3 is 2.42 bits per heavy atom. The van der Waals surface area contributed by atoms with Crippen molar-refractivity contribution < 1.29 is 45.2 Å². The fourth-order valence-corrected chi connectivity index (χ4v) is 1.56. The third kappa shape index (κ3) is 4.40. The van der Waals surface area contributed by atoms with Crippen molar-refractivity contribution in [2.45, 2.75) is 43.5 Å². The second-order valence-electron chi connectivity index (χ2n) is 4.28. The molecule has 9 nitrogen and oxygen atoms in total. The van der Waals surface area contributed by atoms with E-state index in [4.69, 9.17) is 14.6 Å². The summed E-state index contributed by atoms with van der Waals surface area (Å²) in [5, 5.41) is 37.9. The molecule has 5 atom stereocenters. The zero-order chi connectivity index (χ0) is 14.6. The number of carboxylic acids is 1. The predicted molar refractivity (Wildman–Crippen MR) is 54.8 cm³/mol. The van der Waals surface area contributed by atoms with Crippen LogP contribution in [0, 0.1) is 0 Å². The average Bonchev–Trinajstić information content (AvgIpc) is 2.60. The molecule has 1 aliphatic rings. The Balaban J connectivity index is 2.32. The number of hydrogen-bond donors (Lipinski definition) is 4. The molecule has 1 saturated heterocycles. The number of esters is 1. The number of hydrogen-bond acceptors (Lipinski definition) is 8. The summed E-state index contributed by atoms with van der Waals surface area (Å²) in [6.45, 7) is -0.370. The van der Waals surface area contributed by atoms with Crippen molar-refractivity contribution in [1.29, 1.82) is 0 Å². The van der Waals surface area contributed by atoms with Crippen LogP contribution < -0.4 is 10.8 Å². The van der Waals surface area contributed by atoms with E-state index in [9.17, 15) is 24.9 Å². The third-order valence-corrected chi connectivity index (χ3v) is 2.76. The van der Waals surface area contributed by atoms with Crippen molar-refractivity contribution >= 4 is 11.9 Å². The second-order valence-corrected chi connectivity index (χ2v) is 4.28. The van der Waals surface area contributed by atoms with Crippen LogP contribution in [-0.2, 0) is 19.1 Å². The Morgan fingerprint density at radius 2 is 1.95 bits per heavy atom. The molecule has 0 radical (unpaired) electrons. The van der Waals surface area contributed by atoms with E-state index in [0.717, 1.165) is 0 Å². The van der Waals surface area contributed by atoms with Gasteiger partial charge in [-0.05, 0) is 6.42 Å². The second kappa shape index (κ2) is 6.78. The number of aliphatic hydroxyl groups is 3. The minimum Gasteiger partial charge on any atom is -0.550 e. The van der Waals surface area contributed by atoms with Gasteiger partial charge < -0.3 is 40.4 Å². The molecule has 9 heteroatoms. The quantitative estimate of drug-likeness (QED) is 0.351. The number of ether oxygens (including phenoxy) is 2. The summed E-state index contributed by atoms with van der Waals surface area (Å²) < 4.78 is 9.53. The van der Waals surface area contributed by atoms with Gasteiger partial charge in [0.05, 0.1) is 0 Å².